The first kappa shape index (κ1) is 46.5. The molecule has 7 heteroatoms. The highest BCUT2D eigenvalue weighted by molar-refractivity contribution is 7.26. The number of hydrogen-bond donors (Lipinski definition) is 0. The van der Waals surface area contributed by atoms with Crippen LogP contribution in [0.4, 0.5) is 0 Å². The van der Waals surface area contributed by atoms with Gasteiger partial charge in [-0.1, -0.05) is 115 Å². The molecule has 0 unspecified atom stereocenters. The number of para-hydroxylation sites is 4. The summed E-state index contributed by atoms with van der Waals surface area (Å²) in [5.74, 6) is 0. The van der Waals surface area contributed by atoms with Crippen molar-refractivity contribution in [3.63, 3.8) is 0 Å². The van der Waals surface area contributed by atoms with Gasteiger partial charge in [-0.25, -0.2) is 0 Å². The Balaban J connectivity index is 0.000000114. The molecule has 348 valence electrons. The number of pyridine rings is 4. The minimum absolute atomic E-state index is 0.933. The van der Waals surface area contributed by atoms with E-state index < -0.39 is 0 Å². The Morgan fingerprint density at radius 2 is 0.775 bits per heavy atom. The molecule has 0 aliphatic rings. The van der Waals surface area contributed by atoms with Gasteiger partial charge in [-0.15, -0.1) is 11.3 Å². The van der Waals surface area contributed by atoms with E-state index in [-0.39, 0.29) is 0 Å². The average molecular weight is 942 g/mol. The van der Waals surface area contributed by atoms with Crippen LogP contribution in [-0.2, 0) is 0 Å². The van der Waals surface area contributed by atoms with E-state index in [1.165, 1.54) is 58.8 Å². The lowest BCUT2D eigenvalue weighted by molar-refractivity contribution is 0.670. The zero-order valence-electron chi connectivity index (χ0n) is 41.5. The van der Waals surface area contributed by atoms with Gasteiger partial charge in [-0.2, -0.15) is 0 Å². The molecule has 0 atom stereocenters. The van der Waals surface area contributed by atoms with Crippen molar-refractivity contribution in [2.75, 3.05) is 0 Å². The molecule has 0 radical (unpaired) electrons. The number of aromatic nitrogens is 5. The van der Waals surface area contributed by atoms with Gasteiger partial charge in [0.15, 0.2) is 0 Å². The Morgan fingerprint density at radius 1 is 0.352 bits per heavy atom. The highest BCUT2D eigenvalue weighted by atomic mass is 32.1. The third-order valence-electron chi connectivity index (χ3n) is 12.5. The zero-order valence-corrected chi connectivity index (χ0v) is 42.3. The molecule has 0 N–H and O–H groups in total. The first-order valence-electron chi connectivity index (χ1n) is 24.0. The summed E-state index contributed by atoms with van der Waals surface area (Å²) in [5.41, 5.74) is 18.9. The Bertz CT molecular complexity index is 3760. The smallest absolute Gasteiger partial charge is 0.143 e. The van der Waals surface area contributed by atoms with Gasteiger partial charge in [-0.3, -0.25) is 19.9 Å². The summed E-state index contributed by atoms with van der Waals surface area (Å²) in [6.45, 7) is 16.2. The fraction of sp³-hybridized carbons (Fsp3) is 0.125. The van der Waals surface area contributed by atoms with E-state index in [1.807, 2.05) is 89.3 Å². The van der Waals surface area contributed by atoms with Crippen molar-refractivity contribution in [2.45, 2.75) is 55.4 Å². The van der Waals surface area contributed by atoms with Crippen LogP contribution in [0.5, 0.6) is 0 Å². The maximum atomic E-state index is 6.10. The third kappa shape index (κ3) is 9.83. The maximum Gasteiger partial charge on any atom is 0.143 e. The topological polar surface area (TPSA) is 69.6 Å². The third-order valence-corrected chi connectivity index (χ3v) is 13.7. The molecule has 6 aromatic carbocycles. The summed E-state index contributed by atoms with van der Waals surface area (Å²) < 4.78 is 11.1. The van der Waals surface area contributed by atoms with E-state index in [4.69, 9.17) is 4.42 Å². The molecule has 0 aliphatic carbocycles. The molecule has 13 rings (SSSR count). The molecule has 71 heavy (non-hydrogen) atoms. The van der Waals surface area contributed by atoms with E-state index in [9.17, 15) is 0 Å². The lowest BCUT2D eigenvalue weighted by Crippen LogP contribution is -1.97. The van der Waals surface area contributed by atoms with Gasteiger partial charge in [0.25, 0.3) is 0 Å². The van der Waals surface area contributed by atoms with Crippen LogP contribution in [-0.4, -0.2) is 24.5 Å². The molecule has 7 heterocycles. The van der Waals surface area contributed by atoms with E-state index in [2.05, 4.69) is 190 Å². The van der Waals surface area contributed by atoms with Crippen LogP contribution in [0.25, 0.3) is 91.9 Å². The number of hydrogen-bond acceptors (Lipinski definition) is 6. The molecule has 0 fully saturated rings. The highest BCUT2D eigenvalue weighted by Crippen LogP contribution is 2.40. The molecule has 0 aliphatic heterocycles. The predicted molar refractivity (Wildman–Crippen MR) is 300 cm³/mol. The SMILES string of the molecule is Cc1cc(-c2cccc3c2oc2ccccc23)cc(C)n1.Cc1cc(-c2cccc3c2sc2ccccc23)cc(C)n1.Cc1cc(-n2c3ccccc3c3ccccc32)cc(C)n1.Cc1cccc(C)n1. The van der Waals surface area contributed by atoms with Crippen LogP contribution < -0.4 is 0 Å². The summed E-state index contributed by atoms with van der Waals surface area (Å²) in [6.07, 6.45) is 0. The summed E-state index contributed by atoms with van der Waals surface area (Å²) in [7, 11) is 0. The van der Waals surface area contributed by atoms with Gasteiger partial charge in [0, 0.05) is 98.5 Å². The minimum atomic E-state index is 0.933. The van der Waals surface area contributed by atoms with Crippen LogP contribution in [0.2, 0.25) is 0 Å². The number of rotatable bonds is 3. The molecule has 0 saturated carbocycles. The molecule has 0 bridgehead atoms. The van der Waals surface area contributed by atoms with Crippen LogP contribution in [0.15, 0.2) is 192 Å². The number of aryl methyl sites for hydroxylation is 8. The summed E-state index contributed by atoms with van der Waals surface area (Å²) in [6, 6.07) is 65.7. The molecule has 7 aromatic heterocycles. The van der Waals surface area contributed by atoms with Crippen LogP contribution in [0, 0.1) is 55.4 Å². The maximum absolute atomic E-state index is 6.10. The number of fused-ring (bicyclic) bond motifs is 9. The van der Waals surface area contributed by atoms with Crippen molar-refractivity contribution in [1.29, 1.82) is 0 Å². The first-order chi connectivity index (χ1) is 34.5. The fourth-order valence-electron chi connectivity index (χ4n) is 9.75. The molecular formula is C64H55N5OS. The quantitative estimate of drug-likeness (QED) is 0.176. The average Bonchev–Trinajstić information content (AvgIpc) is 4.04. The van der Waals surface area contributed by atoms with Gasteiger partial charge in [-0.05, 0) is 145 Å². The fourth-order valence-corrected chi connectivity index (χ4v) is 11.0. The van der Waals surface area contributed by atoms with E-state index in [1.54, 1.807) is 0 Å². The largest absolute Gasteiger partial charge is 0.455 e. The Labute approximate surface area is 419 Å². The Morgan fingerprint density at radius 3 is 1.34 bits per heavy atom. The minimum Gasteiger partial charge on any atom is -0.455 e. The van der Waals surface area contributed by atoms with Gasteiger partial charge in [0.1, 0.15) is 11.2 Å². The molecule has 6 nitrogen and oxygen atoms in total. The van der Waals surface area contributed by atoms with Crippen molar-refractivity contribution in [1.82, 2.24) is 24.5 Å². The van der Waals surface area contributed by atoms with Crippen molar-refractivity contribution in [3.8, 4) is 27.9 Å². The molecule has 13 aromatic rings. The van der Waals surface area contributed by atoms with Crippen molar-refractivity contribution in [3.05, 3.63) is 234 Å². The normalized spacial score (nSPS) is 11.1. The van der Waals surface area contributed by atoms with Crippen molar-refractivity contribution in [2.24, 2.45) is 0 Å². The summed E-state index contributed by atoms with van der Waals surface area (Å²) >= 11 is 1.87. The second-order valence-corrected chi connectivity index (χ2v) is 19.3. The Hall–Kier alpha value is -8.26. The number of nitrogens with zero attached hydrogens (tertiary/aromatic N) is 5. The lowest BCUT2D eigenvalue weighted by Gasteiger charge is -2.09. The van der Waals surface area contributed by atoms with Crippen molar-refractivity contribution < 1.29 is 4.42 Å². The Kier molecular flexibility index (Phi) is 13.1. The summed E-state index contributed by atoms with van der Waals surface area (Å²) in [5, 5.41) is 7.61. The van der Waals surface area contributed by atoms with Crippen LogP contribution in [0.3, 0.4) is 0 Å². The second kappa shape index (κ2) is 20.0. The number of benzene rings is 6. The monoisotopic (exact) mass is 941 g/mol. The van der Waals surface area contributed by atoms with Gasteiger partial charge >= 0.3 is 0 Å². The number of thiophene rings is 1. The highest BCUT2D eigenvalue weighted by Gasteiger charge is 2.15. The van der Waals surface area contributed by atoms with Gasteiger partial charge in [0.05, 0.1) is 11.0 Å². The molecule has 0 spiro atoms. The second-order valence-electron chi connectivity index (χ2n) is 18.2. The lowest BCUT2D eigenvalue weighted by atomic mass is 10.0. The van der Waals surface area contributed by atoms with Gasteiger partial charge in [0.2, 0.25) is 0 Å². The molecule has 0 saturated heterocycles. The molecule has 0 amide bonds. The van der Waals surface area contributed by atoms with Crippen molar-refractivity contribution >= 4 is 75.3 Å². The molecular weight excluding hydrogens is 887 g/mol. The van der Waals surface area contributed by atoms with Crippen LogP contribution >= 0.6 is 11.3 Å². The first-order valence-corrected chi connectivity index (χ1v) is 24.8. The number of furan rings is 1. The van der Waals surface area contributed by atoms with E-state index in [0.29, 0.717) is 0 Å². The predicted octanol–water partition coefficient (Wildman–Crippen LogP) is 17.5. The van der Waals surface area contributed by atoms with E-state index >= 15 is 0 Å². The standard InChI is InChI=1S/C19H16N2.C19H15NO.C19H15NS.C7H9N/c1-13-11-15(12-14(2)20-13)21-18-9-5-3-7-16(18)17-8-4-6-10-19(17)21;2*1-12-10-14(11-13(2)20-12)15-7-5-8-17-16-6-3-4-9-18(16)21-19(15)17;1-6-4-3-5-7(2)8-6/h3-12H,1-2H3;2*3-11H,1-2H3;3-5H,1-2H3. The zero-order chi connectivity index (χ0) is 49.2. The summed E-state index contributed by atoms with van der Waals surface area (Å²) in [4.78, 5) is 17.6. The van der Waals surface area contributed by atoms with E-state index in [0.717, 1.165) is 78.6 Å². The van der Waals surface area contributed by atoms with Gasteiger partial charge < -0.3 is 8.98 Å². The van der Waals surface area contributed by atoms with Crippen LogP contribution in [0.1, 0.15) is 45.6 Å².